The molecule has 6 aliphatic rings. The van der Waals surface area contributed by atoms with Crippen molar-refractivity contribution in [2.24, 2.45) is 16.2 Å². The van der Waals surface area contributed by atoms with E-state index in [2.05, 4.69) is 31.9 Å². The van der Waals surface area contributed by atoms with Gasteiger partial charge in [0.15, 0.2) is 18.9 Å². The van der Waals surface area contributed by atoms with Crippen molar-refractivity contribution in [3.63, 3.8) is 0 Å². The Morgan fingerprint density at radius 3 is 0.837 bits per heavy atom. The third-order valence-electron chi connectivity index (χ3n) is 23.5. The molecule has 0 aromatic heterocycles. The van der Waals surface area contributed by atoms with Crippen LogP contribution in [0.5, 0.6) is 0 Å². The number of aliphatic hydroxyl groups excluding tert-OH is 11. The van der Waals surface area contributed by atoms with Gasteiger partial charge in [0.05, 0.1) is 59.5 Å². The summed E-state index contributed by atoms with van der Waals surface area (Å²) in [4.78, 5) is 141. The van der Waals surface area contributed by atoms with Crippen LogP contribution >= 0.6 is 15.6 Å². The predicted molar refractivity (Wildman–Crippen MR) is 432 cm³/mol. The standard InChI is InChI=1S/C78H139N9O34P2/c1-52(93)82-64-70(105)67(102)55(43-88)119-73(64)112-40-16-10-19-58(96)79-31-13-4-7-22-61(99)85-34-25-76(46-91,26-35-85)48-115-122(108,109)117-50-78(29-38-87(39-30-78)63(101)24-9-6-15-33-81-60(98)21-12-18-42-114-75-66(84-54(3)95)72(107)69(104)57(45-90)121-75)51-118-123(110,111)116-49-77(47-92)27-36-86(37-28-77)62(100)23-8-5-14-32-80-59(97)20-11-17-41-113-74-65(83-53(2)94)71(106)68(103)56(44-89)120-74/h55-57,64-75,88-92,102-107H,4-51H2,1-3H3,(H,79,96)(H,80,97)(H,81,98)(H,82,93)(H,83,94)(H,84,95)(H,108,109)(H,110,111)/t55-,56-,57-,64-,65-,66-,67+,68+,69+,70-,71-,72-,73-,74-,75-/m1/s1. The maximum absolute atomic E-state index is 13.8. The molecule has 19 N–H and O–H groups in total. The number of ether oxygens (including phenoxy) is 6. The maximum atomic E-state index is 13.8. The molecule has 17 atom stereocenters. The molecule has 6 heterocycles. The predicted octanol–water partition coefficient (Wildman–Crippen LogP) is -2.51. The third kappa shape index (κ3) is 36.3. The SMILES string of the molecule is CC(=O)N[C@H]1[C@H](OCCCCC(=O)NCCCCCC(=O)N2CCC(CO)(COP(=O)(O)OCC3(COP(=O)(O)OCC4(CO)CCN(C(=O)CCCCCNC(=O)CCCCO[C@@H]5O[C@H](CO)[C@H](O)[C@H](O)[C@H]5NC(C)=O)CC4)CCN(C(=O)CCCCCNC(=O)CCCCO[C@@H]4O[C@H](CO)[C@H](O)[C@H](O)[C@H]4NC(C)=O)CC3)CC2)O[C@H](CO)[C@H](O)[C@@H]1O. The average Bonchev–Trinajstić information content (AvgIpc) is 0.848. The number of nitrogens with zero attached hydrogens (tertiary/aromatic N) is 3. The van der Waals surface area contributed by atoms with Gasteiger partial charge in [-0.25, -0.2) is 9.13 Å². The van der Waals surface area contributed by atoms with Crippen LogP contribution < -0.4 is 31.9 Å². The minimum Gasteiger partial charge on any atom is -0.396 e. The summed E-state index contributed by atoms with van der Waals surface area (Å²) in [6, 6.07) is -3.25. The lowest BCUT2D eigenvalue weighted by molar-refractivity contribution is -0.270. The van der Waals surface area contributed by atoms with Gasteiger partial charge in [-0.05, 0) is 116 Å². The monoisotopic (exact) mass is 1810 g/mol. The van der Waals surface area contributed by atoms with E-state index in [4.69, 9.17) is 46.5 Å². The average molecular weight is 1810 g/mol. The fraction of sp³-hybridized carbons (Fsp3) is 0.885. The molecule has 45 heteroatoms. The zero-order valence-electron chi connectivity index (χ0n) is 71.2. The Hall–Kier alpha value is -5.23. The molecule has 6 rings (SSSR count). The highest BCUT2D eigenvalue weighted by Gasteiger charge is 2.50. The van der Waals surface area contributed by atoms with E-state index in [9.17, 15) is 118 Å². The molecule has 0 spiro atoms. The number of phosphoric ester groups is 2. The summed E-state index contributed by atoms with van der Waals surface area (Å²) < 4.78 is 83.9. The number of nitrogens with one attached hydrogen (secondary N) is 6. The van der Waals surface area contributed by atoms with Gasteiger partial charge in [-0.1, -0.05) is 19.3 Å². The molecule has 0 saturated carbocycles. The highest BCUT2D eigenvalue weighted by molar-refractivity contribution is 7.47. The van der Waals surface area contributed by atoms with E-state index >= 15 is 0 Å². The quantitative estimate of drug-likeness (QED) is 0.0221. The van der Waals surface area contributed by atoms with Gasteiger partial charge < -0.3 is 141 Å². The van der Waals surface area contributed by atoms with Crippen molar-refractivity contribution in [1.82, 2.24) is 46.6 Å². The van der Waals surface area contributed by atoms with Crippen LogP contribution in [0.15, 0.2) is 0 Å². The van der Waals surface area contributed by atoms with Crippen LogP contribution in [0.3, 0.4) is 0 Å². The number of phosphoric acid groups is 2. The number of aliphatic hydroxyl groups is 11. The van der Waals surface area contributed by atoms with Gasteiger partial charge in [0.25, 0.3) is 0 Å². The number of unbranched alkanes of at least 4 members (excludes halogenated alkanes) is 9. The van der Waals surface area contributed by atoms with Crippen molar-refractivity contribution in [3.8, 4) is 0 Å². The van der Waals surface area contributed by atoms with Crippen LogP contribution in [0.25, 0.3) is 0 Å². The summed E-state index contributed by atoms with van der Waals surface area (Å²) in [6.07, 6.45) is -5.72. The van der Waals surface area contributed by atoms with Crippen LogP contribution in [-0.2, 0) is 98.8 Å². The number of hydrogen-bond donors (Lipinski definition) is 19. The largest absolute Gasteiger partial charge is 0.472 e. The molecule has 0 aromatic carbocycles. The molecule has 2 unspecified atom stereocenters. The Labute approximate surface area is 717 Å². The van der Waals surface area contributed by atoms with E-state index in [0.717, 1.165) is 0 Å². The highest BCUT2D eigenvalue weighted by Crippen LogP contribution is 2.52. The van der Waals surface area contributed by atoms with E-state index in [1.807, 2.05) is 0 Å². The summed E-state index contributed by atoms with van der Waals surface area (Å²) >= 11 is 0. The Morgan fingerprint density at radius 1 is 0.350 bits per heavy atom. The van der Waals surface area contributed by atoms with Crippen molar-refractivity contribution in [1.29, 1.82) is 0 Å². The first-order valence-electron chi connectivity index (χ1n) is 43.2. The van der Waals surface area contributed by atoms with Crippen LogP contribution in [0.4, 0.5) is 0 Å². The summed E-state index contributed by atoms with van der Waals surface area (Å²) in [5, 5.41) is 128. The van der Waals surface area contributed by atoms with Crippen LogP contribution in [0, 0.1) is 16.2 Å². The van der Waals surface area contributed by atoms with Crippen molar-refractivity contribution >= 4 is 68.8 Å². The van der Waals surface area contributed by atoms with E-state index in [0.29, 0.717) is 116 Å². The molecular formula is C78H139N9O34P2. The molecule has 0 bridgehead atoms. The van der Waals surface area contributed by atoms with Crippen molar-refractivity contribution < 1.29 is 165 Å². The number of likely N-dealkylation sites (tertiary alicyclic amines) is 3. The second-order valence-electron chi connectivity index (χ2n) is 33.3. The first-order chi connectivity index (χ1) is 58.6. The van der Waals surface area contributed by atoms with Crippen LogP contribution in [0.1, 0.15) is 194 Å². The second kappa shape index (κ2) is 54.3. The minimum absolute atomic E-state index is 0.0526. The topological polar surface area (TPSA) is 625 Å². The zero-order valence-corrected chi connectivity index (χ0v) is 73.0. The van der Waals surface area contributed by atoms with Crippen molar-refractivity contribution in [3.05, 3.63) is 0 Å². The number of amides is 9. The lowest BCUT2D eigenvalue weighted by Crippen LogP contribution is -2.64. The Bertz CT molecular complexity index is 3170. The second-order valence-corrected chi connectivity index (χ2v) is 36.2. The molecule has 123 heavy (non-hydrogen) atoms. The Kier molecular flexibility index (Phi) is 47.0. The van der Waals surface area contributed by atoms with Crippen molar-refractivity contribution in [2.75, 3.05) is 138 Å². The maximum Gasteiger partial charge on any atom is 0.472 e. The first-order valence-corrected chi connectivity index (χ1v) is 46.2. The zero-order chi connectivity index (χ0) is 90.3. The molecule has 0 aromatic rings. The molecule has 6 fully saturated rings. The van der Waals surface area contributed by atoms with Crippen LogP contribution in [0.2, 0.25) is 0 Å². The Balaban J connectivity index is 0.909. The lowest BCUT2D eigenvalue weighted by atomic mass is 9.80. The molecule has 6 saturated heterocycles. The fourth-order valence-corrected chi connectivity index (χ4v) is 17.3. The smallest absolute Gasteiger partial charge is 0.396 e. The summed E-state index contributed by atoms with van der Waals surface area (Å²) in [5.74, 6) is -2.52. The number of rotatable bonds is 56. The summed E-state index contributed by atoms with van der Waals surface area (Å²) in [7, 11) is -9.95. The third-order valence-corrected chi connectivity index (χ3v) is 25.3. The molecule has 710 valence electrons. The highest BCUT2D eigenvalue weighted by atomic mass is 31.2. The van der Waals surface area contributed by atoms with E-state index in [1.165, 1.54) is 20.8 Å². The Morgan fingerprint density at radius 2 is 0.593 bits per heavy atom. The number of carbonyl (C=O) groups excluding carboxylic acids is 9. The van der Waals surface area contributed by atoms with Gasteiger partial charge in [0, 0.05) is 154 Å². The number of piperidine rings is 3. The van der Waals surface area contributed by atoms with Crippen molar-refractivity contribution in [2.45, 2.75) is 286 Å². The normalized spacial score (nSPS) is 27.3. The molecular weight excluding hydrogens is 1670 g/mol. The molecule has 6 aliphatic heterocycles. The van der Waals surface area contributed by atoms with Gasteiger partial charge in [-0.2, -0.15) is 0 Å². The number of carbonyl (C=O) groups is 9. The lowest BCUT2D eigenvalue weighted by Gasteiger charge is -2.42. The van der Waals surface area contributed by atoms with Gasteiger partial charge in [-0.15, -0.1) is 0 Å². The molecule has 43 nitrogen and oxygen atoms in total. The van der Waals surface area contributed by atoms with E-state index in [1.54, 1.807) is 14.7 Å². The van der Waals surface area contributed by atoms with Gasteiger partial charge in [0.2, 0.25) is 53.2 Å². The number of hydrogen-bond acceptors (Lipinski definition) is 32. The van der Waals surface area contributed by atoms with E-state index in [-0.39, 0.29) is 172 Å². The summed E-state index contributed by atoms with van der Waals surface area (Å²) in [6.45, 7) is 1.41. The van der Waals surface area contributed by atoms with Gasteiger partial charge >= 0.3 is 15.6 Å². The molecule has 9 amide bonds. The first kappa shape index (κ1) is 107. The molecule has 0 aliphatic carbocycles. The van der Waals surface area contributed by atoms with Gasteiger partial charge in [0.1, 0.15) is 73.1 Å². The van der Waals surface area contributed by atoms with Crippen LogP contribution in [-0.4, -0.2) is 364 Å². The summed E-state index contributed by atoms with van der Waals surface area (Å²) in [5.41, 5.74) is -3.37. The minimum atomic E-state index is -4.97. The van der Waals surface area contributed by atoms with E-state index < -0.39 is 201 Å². The molecule has 0 radical (unpaired) electrons. The fourth-order valence-electron chi connectivity index (χ4n) is 15.4. The van der Waals surface area contributed by atoms with Gasteiger partial charge in [-0.3, -0.25) is 61.2 Å².